The smallest absolute Gasteiger partial charge is 0.312 e. The molecular weight excluding hydrogens is 372 g/mol. The first-order chi connectivity index (χ1) is 13.4. The molecule has 28 heavy (non-hydrogen) atoms. The zero-order valence-corrected chi connectivity index (χ0v) is 16.9. The normalized spacial score (nSPS) is 10.5. The van der Waals surface area contributed by atoms with Gasteiger partial charge in [-0.2, -0.15) is 0 Å². The second-order valence-corrected chi connectivity index (χ2v) is 7.57. The maximum absolute atomic E-state index is 12.0. The third kappa shape index (κ3) is 5.27. The monoisotopic (exact) mass is 394 g/mol. The van der Waals surface area contributed by atoms with Crippen molar-refractivity contribution in [3.63, 3.8) is 0 Å². The fourth-order valence-electron chi connectivity index (χ4n) is 2.62. The predicted molar refractivity (Wildman–Crippen MR) is 111 cm³/mol. The number of benzene rings is 2. The van der Waals surface area contributed by atoms with Crippen molar-refractivity contribution in [1.29, 1.82) is 0 Å². The molecule has 1 amide bonds. The summed E-state index contributed by atoms with van der Waals surface area (Å²) in [5.41, 5.74) is 5.57. The van der Waals surface area contributed by atoms with Crippen LogP contribution in [-0.2, 0) is 20.7 Å². The molecule has 0 fully saturated rings. The SMILES string of the molecule is Cc1ccc(-c2nc(CC(=O)OCC(=O)Nc3cc(C)ccc3C)cs2)cc1. The van der Waals surface area contributed by atoms with Crippen molar-refractivity contribution in [3.05, 3.63) is 70.2 Å². The minimum absolute atomic E-state index is 0.0408. The van der Waals surface area contributed by atoms with Gasteiger partial charge in [-0.05, 0) is 38.0 Å². The lowest BCUT2D eigenvalue weighted by Gasteiger charge is -2.09. The molecule has 3 aromatic rings. The second-order valence-electron chi connectivity index (χ2n) is 6.71. The molecule has 5 nitrogen and oxygen atoms in total. The van der Waals surface area contributed by atoms with Gasteiger partial charge in [0.05, 0.1) is 12.1 Å². The molecule has 0 aliphatic carbocycles. The average molecular weight is 394 g/mol. The van der Waals surface area contributed by atoms with Gasteiger partial charge in [0.15, 0.2) is 6.61 Å². The van der Waals surface area contributed by atoms with E-state index in [0.717, 1.165) is 27.4 Å². The molecule has 0 radical (unpaired) electrons. The Morgan fingerprint density at radius 1 is 1.04 bits per heavy atom. The Morgan fingerprint density at radius 2 is 1.75 bits per heavy atom. The van der Waals surface area contributed by atoms with E-state index in [2.05, 4.69) is 10.3 Å². The molecule has 0 bridgehead atoms. The first-order valence-electron chi connectivity index (χ1n) is 8.95. The zero-order chi connectivity index (χ0) is 20.1. The van der Waals surface area contributed by atoms with E-state index in [-0.39, 0.29) is 18.9 Å². The highest BCUT2D eigenvalue weighted by molar-refractivity contribution is 7.13. The lowest BCUT2D eigenvalue weighted by Crippen LogP contribution is -2.22. The van der Waals surface area contributed by atoms with E-state index < -0.39 is 5.97 Å². The van der Waals surface area contributed by atoms with Crippen LogP contribution in [0, 0.1) is 20.8 Å². The molecule has 0 saturated carbocycles. The Labute approximate surface area is 168 Å². The van der Waals surface area contributed by atoms with Crippen LogP contribution in [0.3, 0.4) is 0 Å². The fourth-order valence-corrected chi connectivity index (χ4v) is 3.44. The van der Waals surface area contributed by atoms with Gasteiger partial charge < -0.3 is 10.1 Å². The van der Waals surface area contributed by atoms with Crippen LogP contribution in [0.4, 0.5) is 5.69 Å². The summed E-state index contributed by atoms with van der Waals surface area (Å²) in [6.07, 6.45) is 0.0408. The Kier molecular flexibility index (Phi) is 6.21. The summed E-state index contributed by atoms with van der Waals surface area (Å²) in [5.74, 6) is -0.836. The number of amides is 1. The van der Waals surface area contributed by atoms with E-state index in [0.29, 0.717) is 5.69 Å². The number of nitrogens with zero attached hydrogens (tertiary/aromatic N) is 1. The molecule has 0 spiro atoms. The van der Waals surface area contributed by atoms with Crippen LogP contribution in [0.25, 0.3) is 10.6 Å². The Hall–Kier alpha value is -2.99. The van der Waals surface area contributed by atoms with Crippen molar-refractivity contribution in [2.75, 3.05) is 11.9 Å². The molecular formula is C22H22N2O3S. The molecule has 144 valence electrons. The summed E-state index contributed by atoms with van der Waals surface area (Å²) in [5, 5.41) is 5.47. The maximum atomic E-state index is 12.0. The number of carbonyl (C=O) groups is 2. The van der Waals surface area contributed by atoms with Crippen molar-refractivity contribution >= 4 is 28.9 Å². The molecule has 1 heterocycles. The quantitative estimate of drug-likeness (QED) is 0.627. The van der Waals surface area contributed by atoms with E-state index in [1.165, 1.54) is 16.9 Å². The van der Waals surface area contributed by atoms with Crippen LogP contribution < -0.4 is 5.32 Å². The largest absolute Gasteiger partial charge is 0.455 e. The lowest BCUT2D eigenvalue weighted by atomic mass is 10.1. The highest BCUT2D eigenvalue weighted by atomic mass is 32.1. The summed E-state index contributed by atoms with van der Waals surface area (Å²) in [7, 11) is 0. The van der Waals surface area contributed by atoms with Crippen LogP contribution in [0.15, 0.2) is 47.8 Å². The number of esters is 1. The number of hydrogen-bond acceptors (Lipinski definition) is 5. The molecule has 0 aliphatic heterocycles. The van der Waals surface area contributed by atoms with Crippen molar-refractivity contribution in [1.82, 2.24) is 4.98 Å². The number of aryl methyl sites for hydroxylation is 3. The van der Waals surface area contributed by atoms with Crippen molar-refractivity contribution in [3.8, 4) is 10.6 Å². The third-order valence-corrected chi connectivity index (χ3v) is 5.15. The van der Waals surface area contributed by atoms with Crippen LogP contribution in [0.2, 0.25) is 0 Å². The van der Waals surface area contributed by atoms with Crippen LogP contribution in [-0.4, -0.2) is 23.5 Å². The number of thiazole rings is 1. The summed E-state index contributed by atoms with van der Waals surface area (Å²) in [4.78, 5) is 28.6. The average Bonchev–Trinajstić information content (AvgIpc) is 3.12. The third-order valence-electron chi connectivity index (χ3n) is 4.21. The molecule has 0 atom stereocenters. The highest BCUT2D eigenvalue weighted by Gasteiger charge is 2.13. The van der Waals surface area contributed by atoms with Gasteiger partial charge >= 0.3 is 5.97 Å². The first-order valence-corrected chi connectivity index (χ1v) is 9.83. The molecule has 3 rings (SSSR count). The minimum Gasteiger partial charge on any atom is -0.455 e. The predicted octanol–water partition coefficient (Wildman–Crippen LogP) is 4.46. The Morgan fingerprint density at radius 3 is 2.50 bits per heavy atom. The zero-order valence-electron chi connectivity index (χ0n) is 16.1. The number of carbonyl (C=O) groups excluding carboxylic acids is 2. The van der Waals surface area contributed by atoms with Crippen molar-refractivity contribution in [2.24, 2.45) is 0 Å². The number of hydrogen-bond donors (Lipinski definition) is 1. The molecule has 1 N–H and O–H groups in total. The van der Waals surface area contributed by atoms with E-state index in [4.69, 9.17) is 4.74 Å². The standard InChI is InChI=1S/C22H22N2O3S/c1-14-5-8-17(9-6-14)22-23-18(13-28-22)11-21(26)27-12-20(25)24-19-10-15(2)4-7-16(19)3/h4-10,13H,11-12H2,1-3H3,(H,24,25). The Bertz CT molecular complexity index is 993. The minimum atomic E-state index is -0.475. The molecule has 6 heteroatoms. The van der Waals surface area contributed by atoms with Gasteiger partial charge in [-0.15, -0.1) is 11.3 Å². The van der Waals surface area contributed by atoms with Gasteiger partial charge in [0.1, 0.15) is 5.01 Å². The van der Waals surface area contributed by atoms with E-state index in [9.17, 15) is 9.59 Å². The summed E-state index contributed by atoms with van der Waals surface area (Å²) < 4.78 is 5.09. The summed E-state index contributed by atoms with van der Waals surface area (Å²) in [6, 6.07) is 13.9. The number of anilines is 1. The van der Waals surface area contributed by atoms with Gasteiger partial charge in [0.2, 0.25) is 0 Å². The van der Waals surface area contributed by atoms with Gasteiger partial charge in [-0.3, -0.25) is 9.59 Å². The molecule has 0 aliphatic rings. The fraction of sp³-hybridized carbons (Fsp3) is 0.227. The molecule has 0 saturated heterocycles. The van der Waals surface area contributed by atoms with Crippen LogP contribution in [0.1, 0.15) is 22.4 Å². The van der Waals surface area contributed by atoms with Crippen molar-refractivity contribution < 1.29 is 14.3 Å². The molecule has 1 aromatic heterocycles. The van der Waals surface area contributed by atoms with E-state index in [1.807, 2.05) is 68.6 Å². The van der Waals surface area contributed by atoms with Crippen molar-refractivity contribution in [2.45, 2.75) is 27.2 Å². The van der Waals surface area contributed by atoms with Gasteiger partial charge in [-0.1, -0.05) is 42.0 Å². The Balaban J connectivity index is 1.51. The number of aromatic nitrogens is 1. The van der Waals surface area contributed by atoms with E-state index in [1.54, 1.807) is 0 Å². The highest BCUT2D eigenvalue weighted by Crippen LogP contribution is 2.24. The van der Waals surface area contributed by atoms with Gasteiger partial charge in [-0.25, -0.2) is 4.98 Å². The van der Waals surface area contributed by atoms with Gasteiger partial charge in [0.25, 0.3) is 5.91 Å². The summed E-state index contributed by atoms with van der Waals surface area (Å²) >= 11 is 1.48. The summed E-state index contributed by atoms with van der Waals surface area (Å²) in [6.45, 7) is 5.58. The number of rotatable bonds is 6. The van der Waals surface area contributed by atoms with Crippen LogP contribution >= 0.6 is 11.3 Å². The number of nitrogens with one attached hydrogen (secondary N) is 1. The molecule has 2 aromatic carbocycles. The van der Waals surface area contributed by atoms with Crippen LogP contribution in [0.5, 0.6) is 0 Å². The lowest BCUT2D eigenvalue weighted by molar-refractivity contribution is -0.146. The van der Waals surface area contributed by atoms with Gasteiger partial charge in [0, 0.05) is 16.6 Å². The maximum Gasteiger partial charge on any atom is 0.312 e. The topological polar surface area (TPSA) is 68.3 Å². The number of ether oxygens (including phenoxy) is 1. The van der Waals surface area contributed by atoms with E-state index >= 15 is 0 Å². The molecule has 0 unspecified atom stereocenters. The second kappa shape index (κ2) is 8.80. The first kappa shape index (κ1) is 19.8.